The predicted octanol–water partition coefficient (Wildman–Crippen LogP) is 5.11. The fourth-order valence-electron chi connectivity index (χ4n) is 5.73. The Hall–Kier alpha value is -2.74. The summed E-state index contributed by atoms with van der Waals surface area (Å²) < 4.78 is 0. The minimum Gasteiger partial charge on any atom is -0.481 e. The molecule has 1 heterocycles. The lowest BCUT2D eigenvalue weighted by Crippen LogP contribution is -2.44. The Morgan fingerprint density at radius 3 is 1.90 bits per heavy atom. The average molecular weight is 556 g/mol. The molecule has 1 aliphatic heterocycles. The minimum absolute atomic E-state index is 0. The van der Waals surface area contributed by atoms with Crippen molar-refractivity contribution in [3.8, 4) is 0 Å². The molecule has 0 aliphatic carbocycles. The van der Waals surface area contributed by atoms with E-state index in [1.165, 1.54) is 0 Å². The van der Waals surface area contributed by atoms with E-state index in [-0.39, 0.29) is 23.8 Å². The first-order valence-corrected chi connectivity index (χ1v) is 13.3. The second-order valence-corrected chi connectivity index (χ2v) is 10.8. The van der Waals surface area contributed by atoms with Crippen LogP contribution in [0.3, 0.4) is 0 Å². The molecule has 0 spiro atoms. The van der Waals surface area contributed by atoms with E-state index < -0.39 is 23.1 Å². The molecule has 0 radical (unpaired) electrons. The standard InChI is InChI=1S/C32H39NO4.ClH.H2O/c1-31(2,30(35)36)28-17-10-9-16-27(28)29(34)18-11-21-33-22-19-26(20-23-33)32(37,24-12-5-3-6-13-24)25-14-7-4-8-15-25;;/h3-10,12-17,26,29,34,37H,11,18-23H2,1-2H3,(H,35,36);1H;1H2. The van der Waals surface area contributed by atoms with Crippen molar-refractivity contribution >= 4 is 18.4 Å². The number of likely N-dealkylation sites (tertiary alicyclic amines) is 1. The largest absolute Gasteiger partial charge is 0.481 e. The van der Waals surface area contributed by atoms with Crippen LogP contribution in [-0.2, 0) is 15.8 Å². The van der Waals surface area contributed by atoms with E-state index in [0.29, 0.717) is 17.5 Å². The zero-order chi connectivity index (χ0) is 26.5. The molecular formula is C32H42ClNO5. The van der Waals surface area contributed by atoms with E-state index in [1.807, 2.05) is 78.9 Å². The highest BCUT2D eigenvalue weighted by atomic mass is 35.5. The van der Waals surface area contributed by atoms with Crippen molar-refractivity contribution < 1.29 is 25.6 Å². The van der Waals surface area contributed by atoms with E-state index in [0.717, 1.165) is 50.0 Å². The molecule has 0 aromatic heterocycles. The maximum atomic E-state index is 12.1. The van der Waals surface area contributed by atoms with Gasteiger partial charge in [-0.15, -0.1) is 12.4 Å². The first-order chi connectivity index (χ1) is 17.7. The highest BCUT2D eigenvalue weighted by molar-refractivity contribution is 5.85. The van der Waals surface area contributed by atoms with Crippen molar-refractivity contribution in [3.63, 3.8) is 0 Å². The summed E-state index contributed by atoms with van der Waals surface area (Å²) in [5.74, 6) is -0.787. The van der Waals surface area contributed by atoms with Gasteiger partial charge < -0.3 is 25.7 Å². The number of aliphatic hydroxyl groups is 2. The molecular weight excluding hydrogens is 514 g/mol. The lowest BCUT2D eigenvalue weighted by molar-refractivity contribution is -0.142. The third kappa shape index (κ3) is 7.07. The number of hydrogen-bond acceptors (Lipinski definition) is 4. The van der Waals surface area contributed by atoms with Gasteiger partial charge in [0.1, 0.15) is 5.60 Å². The number of aliphatic carboxylic acids is 1. The highest BCUT2D eigenvalue weighted by Crippen LogP contribution is 2.42. The number of carboxylic acids is 1. The molecule has 0 saturated carbocycles. The Bertz CT molecular complexity index is 1120. The van der Waals surface area contributed by atoms with Gasteiger partial charge in [0.25, 0.3) is 0 Å². The number of halogens is 1. The molecule has 39 heavy (non-hydrogen) atoms. The summed E-state index contributed by atoms with van der Waals surface area (Å²) in [6.07, 6.45) is 2.46. The maximum Gasteiger partial charge on any atom is 0.313 e. The van der Waals surface area contributed by atoms with Crippen molar-refractivity contribution in [1.82, 2.24) is 4.90 Å². The van der Waals surface area contributed by atoms with Crippen molar-refractivity contribution in [3.05, 3.63) is 107 Å². The second kappa shape index (κ2) is 14.1. The lowest BCUT2D eigenvalue weighted by Gasteiger charge is -2.42. The number of aliphatic hydroxyl groups excluding tert-OH is 1. The monoisotopic (exact) mass is 555 g/mol. The lowest BCUT2D eigenvalue weighted by atomic mass is 9.72. The molecule has 1 unspecified atom stereocenters. The topological polar surface area (TPSA) is 112 Å². The van der Waals surface area contributed by atoms with E-state index in [2.05, 4.69) is 4.90 Å². The van der Waals surface area contributed by atoms with Crippen LogP contribution < -0.4 is 0 Å². The van der Waals surface area contributed by atoms with Gasteiger partial charge in [-0.2, -0.15) is 0 Å². The SMILES string of the molecule is CC(C)(C(=O)O)c1ccccc1C(O)CCCN1CCC(C(O)(c2ccccc2)c2ccccc2)CC1.Cl.O. The summed E-state index contributed by atoms with van der Waals surface area (Å²) in [5.41, 5.74) is 1.15. The molecule has 5 N–H and O–H groups in total. The van der Waals surface area contributed by atoms with Crippen LogP contribution in [0.2, 0.25) is 0 Å². The summed E-state index contributed by atoms with van der Waals surface area (Å²) in [5, 5.41) is 32.7. The van der Waals surface area contributed by atoms with Crippen molar-refractivity contribution in [2.24, 2.45) is 5.92 Å². The number of benzene rings is 3. The Labute approximate surface area is 238 Å². The van der Waals surface area contributed by atoms with Crippen LogP contribution in [0.4, 0.5) is 0 Å². The van der Waals surface area contributed by atoms with Crippen molar-refractivity contribution in [2.45, 2.75) is 56.7 Å². The highest BCUT2D eigenvalue weighted by Gasteiger charge is 2.41. The molecule has 1 atom stereocenters. The Kier molecular flexibility index (Phi) is 11.7. The molecule has 1 fully saturated rings. The van der Waals surface area contributed by atoms with Crippen LogP contribution in [0.15, 0.2) is 84.9 Å². The molecule has 0 bridgehead atoms. The van der Waals surface area contributed by atoms with Crippen LogP contribution in [0.5, 0.6) is 0 Å². The Balaban J connectivity index is 0.00000267. The fraction of sp³-hybridized carbons (Fsp3) is 0.406. The first kappa shape index (κ1) is 32.5. The summed E-state index contributed by atoms with van der Waals surface area (Å²) in [6.45, 7) is 6.01. The fourth-order valence-corrected chi connectivity index (χ4v) is 5.73. The van der Waals surface area contributed by atoms with Gasteiger partial charge in [-0.3, -0.25) is 4.79 Å². The minimum atomic E-state index is -1.06. The van der Waals surface area contributed by atoms with Crippen LogP contribution in [0.1, 0.15) is 67.9 Å². The zero-order valence-corrected chi connectivity index (χ0v) is 23.6. The molecule has 1 saturated heterocycles. The molecule has 3 aromatic rings. The van der Waals surface area contributed by atoms with Gasteiger partial charge in [0, 0.05) is 0 Å². The van der Waals surface area contributed by atoms with Gasteiger partial charge in [-0.1, -0.05) is 84.9 Å². The van der Waals surface area contributed by atoms with E-state index in [1.54, 1.807) is 19.9 Å². The van der Waals surface area contributed by atoms with Gasteiger partial charge in [0.15, 0.2) is 0 Å². The van der Waals surface area contributed by atoms with Crippen LogP contribution in [0, 0.1) is 5.92 Å². The van der Waals surface area contributed by atoms with Gasteiger partial charge in [-0.05, 0) is 87.3 Å². The molecule has 7 heteroatoms. The van der Waals surface area contributed by atoms with E-state index in [9.17, 15) is 20.1 Å². The van der Waals surface area contributed by atoms with Gasteiger partial charge in [0.05, 0.1) is 11.5 Å². The number of carboxylic acid groups (broad SMARTS) is 1. The number of hydrogen-bond donors (Lipinski definition) is 3. The third-order valence-electron chi connectivity index (χ3n) is 8.09. The smallest absolute Gasteiger partial charge is 0.313 e. The Morgan fingerprint density at radius 2 is 1.38 bits per heavy atom. The number of carbonyl (C=O) groups is 1. The summed E-state index contributed by atoms with van der Waals surface area (Å²) in [4.78, 5) is 14.2. The number of rotatable bonds is 10. The number of nitrogens with zero attached hydrogens (tertiary/aromatic N) is 1. The molecule has 4 rings (SSSR count). The third-order valence-corrected chi connectivity index (χ3v) is 8.09. The summed E-state index contributed by atoms with van der Waals surface area (Å²) >= 11 is 0. The van der Waals surface area contributed by atoms with Crippen molar-refractivity contribution in [1.29, 1.82) is 0 Å². The molecule has 3 aromatic carbocycles. The maximum absolute atomic E-state index is 12.1. The van der Waals surface area contributed by atoms with Gasteiger partial charge >= 0.3 is 5.97 Å². The summed E-state index contributed by atoms with van der Waals surface area (Å²) in [7, 11) is 0. The van der Waals surface area contributed by atoms with Crippen LogP contribution >= 0.6 is 12.4 Å². The molecule has 1 aliphatic rings. The predicted molar refractivity (Wildman–Crippen MR) is 157 cm³/mol. The van der Waals surface area contributed by atoms with Crippen LogP contribution in [0.25, 0.3) is 0 Å². The normalized spacial score (nSPS) is 15.6. The quantitative estimate of drug-likeness (QED) is 0.322. The van der Waals surface area contributed by atoms with Crippen molar-refractivity contribution in [2.75, 3.05) is 19.6 Å². The second-order valence-electron chi connectivity index (χ2n) is 10.8. The van der Waals surface area contributed by atoms with E-state index in [4.69, 9.17) is 0 Å². The molecule has 212 valence electrons. The van der Waals surface area contributed by atoms with Crippen LogP contribution in [-0.4, -0.2) is 51.3 Å². The molecule has 0 amide bonds. The first-order valence-electron chi connectivity index (χ1n) is 13.3. The Morgan fingerprint density at radius 1 is 0.897 bits per heavy atom. The zero-order valence-electron chi connectivity index (χ0n) is 22.8. The average Bonchev–Trinajstić information content (AvgIpc) is 2.93. The van der Waals surface area contributed by atoms with Gasteiger partial charge in [-0.25, -0.2) is 0 Å². The summed E-state index contributed by atoms with van der Waals surface area (Å²) in [6, 6.07) is 27.3. The molecule has 6 nitrogen and oxygen atoms in total. The van der Waals surface area contributed by atoms with E-state index >= 15 is 0 Å². The van der Waals surface area contributed by atoms with Gasteiger partial charge in [0.2, 0.25) is 0 Å². The number of piperidine rings is 1.